The maximum atomic E-state index is 5.66. The smallest absolute Gasteiger partial charge is 0.161 e. The highest BCUT2D eigenvalue weighted by Crippen LogP contribution is 2.30. The Morgan fingerprint density at radius 2 is 2.05 bits per heavy atom. The first kappa shape index (κ1) is 14.7. The summed E-state index contributed by atoms with van der Waals surface area (Å²) in [5.74, 6) is 2.57. The second kappa shape index (κ2) is 7.14. The number of ether oxygens (including phenoxy) is 2. The van der Waals surface area contributed by atoms with E-state index in [0.29, 0.717) is 13.2 Å². The Labute approximate surface area is 127 Å². The highest BCUT2D eigenvalue weighted by atomic mass is 16.6. The summed E-state index contributed by atoms with van der Waals surface area (Å²) in [4.78, 5) is 2.57. The molecule has 0 aromatic heterocycles. The molecule has 0 amide bonds. The molecule has 116 valence electrons. The molecule has 2 aliphatic heterocycles. The van der Waals surface area contributed by atoms with Gasteiger partial charge in [0.2, 0.25) is 0 Å². The standard InChI is InChI=1S/C17H26N2O2/c1-14-4-7-19(9-6-18-13-14)8-5-15-2-3-16-17(12-15)21-11-10-20-16/h2-3,12,14,18H,4-11,13H2,1H3. The van der Waals surface area contributed by atoms with Crippen LogP contribution in [0.3, 0.4) is 0 Å². The molecule has 1 fully saturated rings. The molecule has 0 radical (unpaired) electrons. The van der Waals surface area contributed by atoms with E-state index in [1.165, 1.54) is 18.5 Å². The van der Waals surface area contributed by atoms with Crippen LogP contribution in [0, 0.1) is 5.92 Å². The fourth-order valence-corrected chi connectivity index (χ4v) is 2.96. The van der Waals surface area contributed by atoms with E-state index in [0.717, 1.165) is 50.0 Å². The van der Waals surface area contributed by atoms with E-state index < -0.39 is 0 Å². The third kappa shape index (κ3) is 4.11. The molecule has 0 saturated carbocycles. The monoisotopic (exact) mass is 290 g/mol. The van der Waals surface area contributed by atoms with Crippen LogP contribution in [-0.4, -0.2) is 50.8 Å². The fraction of sp³-hybridized carbons (Fsp3) is 0.647. The molecule has 0 aliphatic carbocycles. The highest BCUT2D eigenvalue weighted by molar-refractivity contribution is 5.43. The predicted octanol–water partition coefficient (Wildman–Crippen LogP) is 1.93. The van der Waals surface area contributed by atoms with Crippen molar-refractivity contribution in [1.29, 1.82) is 0 Å². The molecule has 0 bridgehead atoms. The minimum atomic E-state index is 0.658. The second-order valence-electron chi connectivity index (χ2n) is 6.17. The van der Waals surface area contributed by atoms with Crippen molar-refractivity contribution < 1.29 is 9.47 Å². The number of hydrogen-bond acceptors (Lipinski definition) is 4. The van der Waals surface area contributed by atoms with Crippen LogP contribution in [0.5, 0.6) is 11.5 Å². The van der Waals surface area contributed by atoms with Crippen molar-refractivity contribution in [2.24, 2.45) is 5.92 Å². The Hall–Kier alpha value is -1.26. The van der Waals surface area contributed by atoms with E-state index in [1.807, 2.05) is 6.07 Å². The Morgan fingerprint density at radius 1 is 1.19 bits per heavy atom. The van der Waals surface area contributed by atoms with Crippen LogP contribution in [0.15, 0.2) is 18.2 Å². The largest absolute Gasteiger partial charge is 0.486 e. The number of nitrogens with zero attached hydrogens (tertiary/aromatic N) is 1. The Bertz CT molecular complexity index is 464. The molecule has 2 aliphatic rings. The third-order valence-corrected chi connectivity index (χ3v) is 4.36. The van der Waals surface area contributed by atoms with E-state index >= 15 is 0 Å². The van der Waals surface area contributed by atoms with Gasteiger partial charge in [-0.25, -0.2) is 0 Å². The number of fused-ring (bicyclic) bond motifs is 1. The van der Waals surface area contributed by atoms with Crippen LogP contribution in [-0.2, 0) is 6.42 Å². The minimum Gasteiger partial charge on any atom is -0.486 e. The molecule has 1 atom stereocenters. The van der Waals surface area contributed by atoms with E-state index in [1.54, 1.807) is 0 Å². The fourth-order valence-electron chi connectivity index (χ4n) is 2.96. The molecule has 1 N–H and O–H groups in total. The van der Waals surface area contributed by atoms with Crippen molar-refractivity contribution in [2.45, 2.75) is 19.8 Å². The Balaban J connectivity index is 1.54. The first-order chi connectivity index (χ1) is 10.3. The van der Waals surface area contributed by atoms with Gasteiger partial charge in [0.25, 0.3) is 0 Å². The lowest BCUT2D eigenvalue weighted by Crippen LogP contribution is -2.39. The summed E-state index contributed by atoms with van der Waals surface area (Å²) in [6.07, 6.45) is 2.36. The summed E-state index contributed by atoms with van der Waals surface area (Å²) in [7, 11) is 0. The molecule has 0 spiro atoms. The molecule has 3 rings (SSSR count). The highest BCUT2D eigenvalue weighted by Gasteiger charge is 2.14. The summed E-state index contributed by atoms with van der Waals surface area (Å²) >= 11 is 0. The van der Waals surface area contributed by atoms with Gasteiger partial charge in [0.15, 0.2) is 11.5 Å². The van der Waals surface area contributed by atoms with Crippen LogP contribution in [0.25, 0.3) is 0 Å². The normalized spacial score (nSPS) is 23.4. The van der Waals surface area contributed by atoms with E-state index in [2.05, 4.69) is 29.3 Å². The molecule has 21 heavy (non-hydrogen) atoms. The number of rotatable bonds is 3. The van der Waals surface area contributed by atoms with Gasteiger partial charge in [0.05, 0.1) is 0 Å². The van der Waals surface area contributed by atoms with Gasteiger partial charge in [-0.3, -0.25) is 0 Å². The SMILES string of the molecule is CC1CCN(CCc2ccc3c(c2)OCCO3)CCNC1. The zero-order valence-corrected chi connectivity index (χ0v) is 12.9. The molecule has 1 saturated heterocycles. The van der Waals surface area contributed by atoms with Gasteiger partial charge in [-0.15, -0.1) is 0 Å². The number of hydrogen-bond donors (Lipinski definition) is 1. The maximum Gasteiger partial charge on any atom is 0.161 e. The van der Waals surface area contributed by atoms with Crippen molar-refractivity contribution in [3.8, 4) is 11.5 Å². The maximum absolute atomic E-state index is 5.66. The summed E-state index contributed by atoms with van der Waals surface area (Å²) in [6.45, 7) is 9.40. The van der Waals surface area contributed by atoms with E-state index in [-0.39, 0.29) is 0 Å². The van der Waals surface area contributed by atoms with E-state index in [9.17, 15) is 0 Å². The van der Waals surface area contributed by atoms with Crippen LogP contribution in [0.4, 0.5) is 0 Å². The first-order valence-corrected chi connectivity index (χ1v) is 8.13. The molecule has 4 nitrogen and oxygen atoms in total. The van der Waals surface area contributed by atoms with Crippen LogP contribution in [0.1, 0.15) is 18.9 Å². The lowest BCUT2D eigenvalue weighted by molar-refractivity contribution is 0.171. The lowest BCUT2D eigenvalue weighted by Gasteiger charge is -2.27. The van der Waals surface area contributed by atoms with Crippen LogP contribution >= 0.6 is 0 Å². The third-order valence-electron chi connectivity index (χ3n) is 4.36. The van der Waals surface area contributed by atoms with Gasteiger partial charge in [-0.2, -0.15) is 0 Å². The zero-order valence-electron chi connectivity index (χ0n) is 12.9. The van der Waals surface area contributed by atoms with Gasteiger partial charge >= 0.3 is 0 Å². The Kier molecular flexibility index (Phi) is 4.99. The molecular weight excluding hydrogens is 264 g/mol. The molecular formula is C17H26N2O2. The molecule has 1 unspecified atom stereocenters. The number of nitrogens with one attached hydrogen (secondary N) is 1. The summed E-state index contributed by atoms with van der Waals surface area (Å²) in [6, 6.07) is 6.35. The predicted molar refractivity (Wildman–Crippen MR) is 84.2 cm³/mol. The molecule has 4 heteroatoms. The quantitative estimate of drug-likeness (QED) is 0.922. The molecule has 1 aromatic rings. The van der Waals surface area contributed by atoms with Crippen molar-refractivity contribution in [3.05, 3.63) is 23.8 Å². The summed E-state index contributed by atoms with van der Waals surface area (Å²) in [5.41, 5.74) is 1.34. The van der Waals surface area contributed by atoms with Gasteiger partial charge in [0, 0.05) is 19.6 Å². The van der Waals surface area contributed by atoms with Gasteiger partial charge in [-0.05, 0) is 49.5 Å². The van der Waals surface area contributed by atoms with Crippen molar-refractivity contribution >= 4 is 0 Å². The zero-order chi connectivity index (χ0) is 14.5. The van der Waals surface area contributed by atoms with Crippen molar-refractivity contribution in [1.82, 2.24) is 10.2 Å². The topological polar surface area (TPSA) is 33.7 Å². The van der Waals surface area contributed by atoms with Gasteiger partial charge in [0.1, 0.15) is 13.2 Å². The minimum absolute atomic E-state index is 0.658. The molecule has 1 aromatic carbocycles. The molecule has 2 heterocycles. The second-order valence-corrected chi connectivity index (χ2v) is 6.17. The summed E-state index contributed by atoms with van der Waals surface area (Å²) in [5, 5.41) is 3.53. The average molecular weight is 290 g/mol. The van der Waals surface area contributed by atoms with E-state index in [4.69, 9.17) is 9.47 Å². The van der Waals surface area contributed by atoms with Crippen molar-refractivity contribution in [2.75, 3.05) is 45.9 Å². The Morgan fingerprint density at radius 3 is 2.95 bits per heavy atom. The lowest BCUT2D eigenvalue weighted by atomic mass is 10.1. The van der Waals surface area contributed by atoms with Gasteiger partial charge in [-0.1, -0.05) is 13.0 Å². The van der Waals surface area contributed by atoms with Crippen LogP contribution in [0.2, 0.25) is 0 Å². The van der Waals surface area contributed by atoms with Crippen LogP contribution < -0.4 is 14.8 Å². The van der Waals surface area contributed by atoms with Gasteiger partial charge < -0.3 is 19.7 Å². The first-order valence-electron chi connectivity index (χ1n) is 8.13. The summed E-state index contributed by atoms with van der Waals surface area (Å²) < 4.78 is 11.2. The number of benzene rings is 1. The van der Waals surface area contributed by atoms with Crippen molar-refractivity contribution in [3.63, 3.8) is 0 Å². The average Bonchev–Trinajstić information content (AvgIpc) is 2.50.